The van der Waals surface area contributed by atoms with Gasteiger partial charge in [-0.15, -0.1) is 0 Å². The zero-order valence-electron chi connectivity index (χ0n) is 25.0. The maximum absolute atomic E-state index is 14.6. The number of rotatable bonds is 10. The van der Waals surface area contributed by atoms with Crippen LogP contribution in [-0.2, 0) is 23.9 Å². The molecule has 224 valence electrons. The molecule has 10 heteroatoms. The number of carbonyl (C=O) groups excluding carboxylic acids is 3. The maximum Gasteiger partial charge on any atom is 0.336 e. The smallest absolute Gasteiger partial charge is 0.336 e. The van der Waals surface area contributed by atoms with E-state index in [9.17, 15) is 14.4 Å². The Morgan fingerprint density at radius 1 is 0.857 bits per heavy atom. The number of ether oxygens (including phenoxy) is 6. The lowest BCUT2D eigenvalue weighted by atomic mass is 9.62. The fourth-order valence-corrected chi connectivity index (χ4v) is 6.06. The minimum atomic E-state index is -1.16. The van der Waals surface area contributed by atoms with E-state index in [0.29, 0.717) is 45.5 Å². The summed E-state index contributed by atoms with van der Waals surface area (Å²) in [5.41, 5.74) is 2.47. The molecule has 1 fully saturated rings. The van der Waals surface area contributed by atoms with E-state index in [2.05, 4.69) is 0 Å². The zero-order valence-corrected chi connectivity index (χ0v) is 25.0. The fraction of sp³-hybridized carbons (Fsp3) is 0.438. The number of Topliss-reactive ketones (excluding diaryl/α,β-unsaturated/α-hetero) is 1. The predicted molar refractivity (Wildman–Crippen MR) is 155 cm³/mol. The van der Waals surface area contributed by atoms with Gasteiger partial charge in [-0.25, -0.2) is 4.79 Å². The second kappa shape index (κ2) is 13.1. The Bertz CT molecular complexity index is 1400. The molecule has 0 aromatic heterocycles. The lowest BCUT2D eigenvalue weighted by molar-refractivity contribution is -0.153. The van der Waals surface area contributed by atoms with Crippen LogP contribution >= 0.6 is 0 Å². The average Bonchev–Trinajstić information content (AvgIpc) is 2.99. The Morgan fingerprint density at radius 2 is 1.48 bits per heavy atom. The van der Waals surface area contributed by atoms with Crippen molar-refractivity contribution in [3.63, 3.8) is 0 Å². The van der Waals surface area contributed by atoms with Gasteiger partial charge in [0.2, 0.25) is 5.75 Å². The summed E-state index contributed by atoms with van der Waals surface area (Å²) in [5.74, 6) is -3.52. The minimum absolute atomic E-state index is 0.107. The van der Waals surface area contributed by atoms with Crippen molar-refractivity contribution in [2.45, 2.75) is 39.0 Å². The quantitative estimate of drug-likeness (QED) is 0.293. The number of ketones is 1. The molecule has 10 nitrogen and oxygen atoms in total. The van der Waals surface area contributed by atoms with E-state index in [1.54, 1.807) is 46.1 Å². The van der Waals surface area contributed by atoms with Crippen LogP contribution in [0.25, 0.3) is 0 Å². The highest BCUT2D eigenvalue weighted by atomic mass is 16.5. The normalized spacial score (nSPS) is 21.6. The molecule has 0 bridgehead atoms. The first-order valence-electron chi connectivity index (χ1n) is 13.8. The van der Waals surface area contributed by atoms with E-state index in [-0.39, 0.29) is 25.2 Å². The van der Waals surface area contributed by atoms with Crippen molar-refractivity contribution in [2.75, 3.05) is 41.7 Å². The lowest BCUT2D eigenvalue weighted by Crippen LogP contribution is -2.48. The van der Waals surface area contributed by atoms with Crippen LogP contribution in [0.5, 0.6) is 23.0 Å². The molecule has 0 N–H and O–H groups in total. The first kappa shape index (κ1) is 30.6. The number of para-hydroxylation sites is 1. The van der Waals surface area contributed by atoms with Crippen molar-refractivity contribution < 1.29 is 42.8 Å². The molecule has 4 unspecified atom stereocenters. The third kappa shape index (κ3) is 5.45. The summed E-state index contributed by atoms with van der Waals surface area (Å²) in [6, 6.07) is 10.7. The van der Waals surface area contributed by atoms with Gasteiger partial charge in [-0.05, 0) is 56.5 Å². The molecule has 2 aliphatic rings. The number of methoxy groups -OCH3 is 4. The first-order valence-corrected chi connectivity index (χ1v) is 13.8. The molecule has 4 atom stereocenters. The average molecular weight is 580 g/mol. The molecule has 1 heterocycles. The molecule has 2 aromatic carbocycles. The summed E-state index contributed by atoms with van der Waals surface area (Å²) in [6.07, 6.45) is 0.272. The van der Waals surface area contributed by atoms with Crippen LogP contribution in [0.2, 0.25) is 0 Å². The summed E-state index contributed by atoms with van der Waals surface area (Å²) < 4.78 is 33.2. The van der Waals surface area contributed by atoms with Gasteiger partial charge in [0.1, 0.15) is 11.7 Å². The standard InChI is InChI=1S/C32H37NO9/c1-8-41-31(35)25-17(3)33-21-16-20(19-12-10-11-13-22(19)37-4)27(32(36)42-9-2)29(34)28(21)26(25)18-14-23(38-5)30(40-7)24(15-18)39-6/h10-15,20,26-28H,8-9,16H2,1-7H3. The Morgan fingerprint density at radius 3 is 2.05 bits per heavy atom. The molecule has 1 aliphatic carbocycles. The van der Waals surface area contributed by atoms with Crippen molar-refractivity contribution in [1.82, 2.24) is 0 Å². The lowest BCUT2D eigenvalue weighted by Gasteiger charge is -2.41. The van der Waals surface area contributed by atoms with Crippen molar-refractivity contribution in [3.8, 4) is 23.0 Å². The second-order valence-electron chi connectivity index (χ2n) is 9.92. The van der Waals surface area contributed by atoms with Crippen LogP contribution in [0, 0.1) is 11.8 Å². The third-order valence-corrected chi connectivity index (χ3v) is 7.77. The monoisotopic (exact) mass is 579 g/mol. The number of hydrogen-bond acceptors (Lipinski definition) is 10. The number of carbonyl (C=O) groups is 3. The van der Waals surface area contributed by atoms with Crippen LogP contribution in [-0.4, -0.2) is 65.1 Å². The Balaban J connectivity index is 1.97. The van der Waals surface area contributed by atoms with Gasteiger partial charge in [0.25, 0.3) is 0 Å². The number of benzene rings is 2. The summed E-state index contributed by atoms with van der Waals surface area (Å²) in [7, 11) is 6.01. The van der Waals surface area contributed by atoms with Gasteiger partial charge in [0.05, 0.1) is 53.1 Å². The maximum atomic E-state index is 14.6. The molecule has 1 aliphatic heterocycles. The first-order chi connectivity index (χ1) is 20.3. The number of nitrogens with zero attached hydrogens (tertiary/aromatic N) is 1. The van der Waals surface area contributed by atoms with Gasteiger partial charge >= 0.3 is 11.9 Å². The zero-order chi connectivity index (χ0) is 30.6. The summed E-state index contributed by atoms with van der Waals surface area (Å²) in [5, 5.41) is 0. The van der Waals surface area contributed by atoms with Gasteiger partial charge in [0, 0.05) is 23.2 Å². The predicted octanol–water partition coefficient (Wildman–Crippen LogP) is 4.65. The SMILES string of the molecule is CCOC(=O)C1=C(C)N=C2CC(c3ccccc3OC)C(C(=O)OCC)C(=O)C2C1c1cc(OC)c(OC)c(OC)c1. The van der Waals surface area contributed by atoms with Crippen molar-refractivity contribution in [3.05, 3.63) is 58.8 Å². The Labute approximate surface area is 245 Å². The van der Waals surface area contributed by atoms with Crippen molar-refractivity contribution in [2.24, 2.45) is 16.8 Å². The summed E-state index contributed by atoms with van der Waals surface area (Å²) in [6.45, 7) is 5.37. The molecular formula is C32H37NO9. The molecule has 0 amide bonds. The van der Waals surface area contributed by atoms with Gasteiger partial charge in [-0.1, -0.05) is 18.2 Å². The van der Waals surface area contributed by atoms with E-state index in [4.69, 9.17) is 33.4 Å². The molecule has 42 heavy (non-hydrogen) atoms. The van der Waals surface area contributed by atoms with Crippen LogP contribution in [0.15, 0.2) is 52.7 Å². The van der Waals surface area contributed by atoms with Gasteiger partial charge in [0.15, 0.2) is 17.3 Å². The summed E-state index contributed by atoms with van der Waals surface area (Å²) >= 11 is 0. The number of esters is 2. The van der Waals surface area contributed by atoms with E-state index in [1.807, 2.05) is 18.2 Å². The van der Waals surface area contributed by atoms with Crippen molar-refractivity contribution in [1.29, 1.82) is 0 Å². The van der Waals surface area contributed by atoms with Crippen molar-refractivity contribution >= 4 is 23.4 Å². The number of hydrogen-bond donors (Lipinski definition) is 0. The van der Waals surface area contributed by atoms with Crippen LogP contribution < -0.4 is 18.9 Å². The largest absolute Gasteiger partial charge is 0.496 e. The summed E-state index contributed by atoms with van der Waals surface area (Å²) in [4.78, 5) is 46.4. The third-order valence-electron chi connectivity index (χ3n) is 7.77. The highest BCUT2D eigenvalue weighted by Crippen LogP contribution is 2.51. The van der Waals surface area contributed by atoms with E-state index >= 15 is 0 Å². The Kier molecular flexibility index (Phi) is 9.55. The number of fused-ring (bicyclic) bond motifs is 1. The topological polar surface area (TPSA) is 119 Å². The van der Waals surface area contributed by atoms with E-state index < -0.39 is 41.4 Å². The molecule has 0 spiro atoms. The molecule has 2 aromatic rings. The molecule has 0 radical (unpaired) electrons. The van der Waals surface area contributed by atoms with Gasteiger partial charge in [-0.2, -0.15) is 0 Å². The Hall–Kier alpha value is -4.34. The number of aliphatic imine (C=N–C) groups is 1. The van der Waals surface area contributed by atoms with Crippen LogP contribution in [0.3, 0.4) is 0 Å². The molecular weight excluding hydrogens is 542 g/mol. The molecule has 4 rings (SSSR count). The minimum Gasteiger partial charge on any atom is -0.496 e. The molecule has 1 saturated carbocycles. The van der Waals surface area contributed by atoms with Gasteiger partial charge in [-0.3, -0.25) is 14.6 Å². The second-order valence-corrected chi connectivity index (χ2v) is 9.92. The van der Waals surface area contributed by atoms with Gasteiger partial charge < -0.3 is 28.4 Å². The highest BCUT2D eigenvalue weighted by molar-refractivity contribution is 6.18. The van der Waals surface area contributed by atoms with Crippen LogP contribution in [0.1, 0.15) is 50.2 Å². The molecule has 0 saturated heterocycles. The van der Waals surface area contributed by atoms with E-state index in [0.717, 1.165) is 0 Å². The fourth-order valence-electron chi connectivity index (χ4n) is 6.06. The van der Waals surface area contributed by atoms with E-state index in [1.165, 1.54) is 21.3 Å². The highest BCUT2D eigenvalue weighted by Gasteiger charge is 2.53. The van der Waals surface area contributed by atoms with Crippen LogP contribution in [0.4, 0.5) is 0 Å². The number of allylic oxidation sites excluding steroid dienone is 1.